The van der Waals surface area contributed by atoms with Crippen LogP contribution in [0.5, 0.6) is 0 Å². The van der Waals surface area contributed by atoms with Gasteiger partial charge in [0.15, 0.2) is 0 Å². The summed E-state index contributed by atoms with van der Waals surface area (Å²) in [5.74, 6) is 0.349. The summed E-state index contributed by atoms with van der Waals surface area (Å²) in [6.45, 7) is 7.39. The van der Waals surface area contributed by atoms with Crippen molar-refractivity contribution in [1.82, 2.24) is 20.4 Å². The van der Waals surface area contributed by atoms with Gasteiger partial charge in [0.1, 0.15) is 0 Å². The SMILES string of the molecule is Cc1ccc2ccccc2c1.O=CNCCC1CCN(CC(c2ccccc2)c2ccccc2)C(=O)C(CCN2CCCCC2)N1. The van der Waals surface area contributed by atoms with Crippen molar-refractivity contribution in [1.29, 1.82) is 0 Å². The molecule has 2 amide bonds. The molecule has 4 aromatic rings. The van der Waals surface area contributed by atoms with E-state index < -0.39 is 0 Å². The molecule has 0 aliphatic carbocycles. The van der Waals surface area contributed by atoms with Gasteiger partial charge in [-0.3, -0.25) is 9.59 Å². The first-order valence-electron chi connectivity index (χ1n) is 17.1. The van der Waals surface area contributed by atoms with Crippen LogP contribution in [0.25, 0.3) is 10.8 Å². The number of nitrogens with zero attached hydrogens (tertiary/aromatic N) is 2. The van der Waals surface area contributed by atoms with Crippen LogP contribution in [0.3, 0.4) is 0 Å². The minimum Gasteiger partial charge on any atom is -0.359 e. The third-order valence-electron chi connectivity index (χ3n) is 9.41. The highest BCUT2D eigenvalue weighted by Crippen LogP contribution is 2.27. The predicted molar refractivity (Wildman–Crippen MR) is 189 cm³/mol. The summed E-state index contributed by atoms with van der Waals surface area (Å²) in [5, 5.41) is 9.10. The number of nitrogens with one attached hydrogen (secondary N) is 2. The number of amides is 2. The molecule has 2 saturated heterocycles. The molecule has 6 heteroatoms. The summed E-state index contributed by atoms with van der Waals surface area (Å²) in [4.78, 5) is 29.2. The largest absolute Gasteiger partial charge is 0.359 e. The number of hydrogen-bond donors (Lipinski definition) is 2. The number of hydrogen-bond acceptors (Lipinski definition) is 4. The first-order chi connectivity index (χ1) is 22.6. The van der Waals surface area contributed by atoms with Crippen LogP contribution in [0.4, 0.5) is 0 Å². The Morgan fingerprint density at radius 3 is 2.13 bits per heavy atom. The zero-order valence-electron chi connectivity index (χ0n) is 27.3. The second-order valence-corrected chi connectivity index (χ2v) is 12.8. The predicted octanol–water partition coefficient (Wildman–Crippen LogP) is 6.54. The van der Waals surface area contributed by atoms with E-state index in [2.05, 4.69) is 118 Å². The number of aryl methyl sites for hydroxylation is 1. The molecule has 0 spiro atoms. The Kier molecular flexibility index (Phi) is 12.8. The van der Waals surface area contributed by atoms with E-state index in [1.165, 1.54) is 46.7 Å². The molecule has 2 atom stereocenters. The lowest BCUT2D eigenvalue weighted by molar-refractivity contribution is -0.133. The van der Waals surface area contributed by atoms with E-state index in [1.807, 2.05) is 12.1 Å². The van der Waals surface area contributed by atoms with Gasteiger partial charge in [0.05, 0.1) is 6.04 Å². The fourth-order valence-corrected chi connectivity index (χ4v) is 6.81. The summed E-state index contributed by atoms with van der Waals surface area (Å²) in [6.07, 6.45) is 7.14. The third-order valence-corrected chi connectivity index (χ3v) is 9.41. The van der Waals surface area contributed by atoms with Crippen LogP contribution < -0.4 is 10.6 Å². The Hall–Kier alpha value is -4.00. The Labute approximate surface area is 275 Å². The quantitative estimate of drug-likeness (QED) is 0.148. The van der Waals surface area contributed by atoms with Crippen LogP contribution in [0.1, 0.15) is 61.1 Å². The average Bonchev–Trinajstić information content (AvgIpc) is 3.25. The first-order valence-corrected chi connectivity index (χ1v) is 17.1. The van der Waals surface area contributed by atoms with Crippen LogP contribution in [-0.2, 0) is 9.59 Å². The molecule has 242 valence electrons. The second-order valence-electron chi connectivity index (χ2n) is 12.8. The highest BCUT2D eigenvalue weighted by molar-refractivity contribution is 5.83. The summed E-state index contributed by atoms with van der Waals surface area (Å²) in [6, 6.07) is 36.0. The number of carbonyl (C=O) groups is 2. The fraction of sp³-hybridized carbons (Fsp3) is 0.400. The Bertz CT molecular complexity index is 1450. The van der Waals surface area contributed by atoms with Gasteiger partial charge < -0.3 is 20.4 Å². The van der Waals surface area contributed by atoms with Crippen molar-refractivity contribution in [3.05, 3.63) is 120 Å². The molecule has 2 aliphatic rings. The van der Waals surface area contributed by atoms with Crippen molar-refractivity contribution in [3.8, 4) is 0 Å². The van der Waals surface area contributed by atoms with Crippen LogP contribution in [0.15, 0.2) is 103 Å². The van der Waals surface area contributed by atoms with Crippen LogP contribution >= 0.6 is 0 Å². The first kappa shape index (κ1) is 33.4. The van der Waals surface area contributed by atoms with Gasteiger partial charge in [0, 0.05) is 38.1 Å². The van der Waals surface area contributed by atoms with Gasteiger partial charge in [0.2, 0.25) is 12.3 Å². The molecule has 2 heterocycles. The molecule has 2 fully saturated rings. The number of fused-ring (bicyclic) bond motifs is 1. The highest BCUT2D eigenvalue weighted by Gasteiger charge is 2.32. The maximum atomic E-state index is 13.9. The Balaban J connectivity index is 0.000000316. The molecule has 2 N–H and O–H groups in total. The maximum absolute atomic E-state index is 13.9. The lowest BCUT2D eigenvalue weighted by Gasteiger charge is -2.31. The lowest BCUT2D eigenvalue weighted by atomic mass is 9.90. The summed E-state index contributed by atoms with van der Waals surface area (Å²) in [7, 11) is 0. The molecule has 2 aliphatic heterocycles. The van der Waals surface area contributed by atoms with Crippen molar-refractivity contribution in [2.45, 2.75) is 63.5 Å². The van der Waals surface area contributed by atoms with E-state index in [0.29, 0.717) is 13.1 Å². The molecule has 46 heavy (non-hydrogen) atoms. The van der Waals surface area contributed by atoms with Gasteiger partial charge in [-0.2, -0.15) is 0 Å². The molecule has 0 bridgehead atoms. The van der Waals surface area contributed by atoms with Crippen molar-refractivity contribution in [3.63, 3.8) is 0 Å². The van der Waals surface area contributed by atoms with E-state index in [-0.39, 0.29) is 23.9 Å². The molecule has 0 radical (unpaired) electrons. The lowest BCUT2D eigenvalue weighted by Crippen LogP contribution is -2.48. The van der Waals surface area contributed by atoms with Gasteiger partial charge in [0.25, 0.3) is 0 Å². The minimum absolute atomic E-state index is 0.136. The van der Waals surface area contributed by atoms with E-state index >= 15 is 0 Å². The smallest absolute Gasteiger partial charge is 0.239 e. The van der Waals surface area contributed by atoms with Crippen LogP contribution in [-0.4, -0.2) is 73.5 Å². The number of likely N-dealkylation sites (tertiary alicyclic amines) is 1. The van der Waals surface area contributed by atoms with E-state index in [4.69, 9.17) is 0 Å². The second kappa shape index (κ2) is 17.6. The molecule has 6 rings (SSSR count). The zero-order valence-corrected chi connectivity index (χ0v) is 27.3. The molecule has 6 nitrogen and oxygen atoms in total. The van der Waals surface area contributed by atoms with Gasteiger partial charge in [-0.1, -0.05) is 115 Å². The summed E-state index contributed by atoms with van der Waals surface area (Å²) in [5.41, 5.74) is 3.80. The number of piperidine rings is 1. The van der Waals surface area contributed by atoms with Crippen molar-refractivity contribution in [2.24, 2.45) is 0 Å². The number of rotatable bonds is 11. The molecular weight excluding hydrogens is 568 g/mol. The van der Waals surface area contributed by atoms with Crippen molar-refractivity contribution < 1.29 is 9.59 Å². The Morgan fingerprint density at radius 2 is 1.46 bits per heavy atom. The number of benzene rings is 4. The molecule has 4 aromatic carbocycles. The molecule has 0 saturated carbocycles. The fourth-order valence-electron chi connectivity index (χ4n) is 6.81. The average molecular weight is 619 g/mol. The Morgan fingerprint density at radius 1 is 0.804 bits per heavy atom. The molecule has 2 unspecified atom stereocenters. The molecule has 0 aromatic heterocycles. The minimum atomic E-state index is -0.187. The van der Waals surface area contributed by atoms with Crippen LogP contribution in [0.2, 0.25) is 0 Å². The number of carbonyl (C=O) groups excluding carboxylic acids is 2. The van der Waals surface area contributed by atoms with E-state index in [9.17, 15) is 9.59 Å². The highest BCUT2D eigenvalue weighted by atomic mass is 16.2. The standard InChI is InChI=1S/C29H40N4O2.C11H10/c34-23-30-17-14-26-15-21-33(29(35)28(31-26)16-20-32-18-8-3-9-19-32)22-27(24-10-4-1-5-11-24)25-12-6-2-7-13-25;1-9-6-7-10-4-2-3-5-11(10)8-9/h1-2,4-7,10-13,23,26-28,31H,3,8-9,14-22H2,(H,30,34);2-8H,1H3. The molecular formula is C40H50N4O2. The normalized spacial score (nSPS) is 18.9. The third kappa shape index (κ3) is 9.75. The van der Waals surface area contributed by atoms with Gasteiger partial charge in [-0.25, -0.2) is 0 Å². The van der Waals surface area contributed by atoms with Gasteiger partial charge >= 0.3 is 0 Å². The van der Waals surface area contributed by atoms with E-state index in [0.717, 1.165) is 51.9 Å². The zero-order chi connectivity index (χ0) is 32.0. The van der Waals surface area contributed by atoms with Gasteiger partial charge in [-0.05, 0) is 74.0 Å². The summed E-state index contributed by atoms with van der Waals surface area (Å²) >= 11 is 0. The van der Waals surface area contributed by atoms with Crippen molar-refractivity contribution >= 4 is 23.1 Å². The van der Waals surface area contributed by atoms with Crippen LogP contribution in [0, 0.1) is 6.92 Å². The monoisotopic (exact) mass is 618 g/mol. The van der Waals surface area contributed by atoms with E-state index in [1.54, 1.807) is 0 Å². The topological polar surface area (TPSA) is 64.7 Å². The maximum Gasteiger partial charge on any atom is 0.239 e. The van der Waals surface area contributed by atoms with Crippen molar-refractivity contribution in [2.75, 3.05) is 39.3 Å². The van der Waals surface area contributed by atoms with Gasteiger partial charge in [-0.15, -0.1) is 0 Å². The summed E-state index contributed by atoms with van der Waals surface area (Å²) < 4.78 is 0.